The Kier molecular flexibility index (Phi) is 8.93. The Morgan fingerprint density at radius 2 is 1.55 bits per heavy atom. The molecular weight excluding hydrogens is 298 g/mol. The Bertz CT molecular complexity index is 364. The van der Waals surface area contributed by atoms with E-state index in [0.29, 0.717) is 6.61 Å². The number of hydrogen-bond donors (Lipinski definition) is 1. The first-order valence-corrected chi connectivity index (χ1v) is 11.7. The fraction of sp³-hybridized carbons (Fsp3) is 0.875. The summed E-state index contributed by atoms with van der Waals surface area (Å²) in [5.41, 5.74) is 0. The van der Waals surface area contributed by atoms with Gasteiger partial charge in [0, 0.05) is 14.0 Å². The smallest absolute Gasteiger partial charge is 0.347 e. The molecule has 2 atom stereocenters. The SMILES string of the molecule is CN[C@H](C(=O)O[C@H](C(=O)OCC[Si](C)(C)C)C(C)C)C(C)C. The van der Waals surface area contributed by atoms with E-state index in [1.54, 1.807) is 7.05 Å². The second-order valence-electron chi connectivity index (χ2n) is 7.59. The number of carbonyl (C=O) groups is 2. The fourth-order valence-corrected chi connectivity index (χ4v) is 2.63. The molecule has 0 aromatic heterocycles. The molecule has 0 unspecified atom stereocenters. The van der Waals surface area contributed by atoms with Gasteiger partial charge in [-0.1, -0.05) is 47.3 Å². The van der Waals surface area contributed by atoms with E-state index in [0.717, 1.165) is 6.04 Å². The zero-order valence-electron chi connectivity index (χ0n) is 15.4. The standard InChI is InChI=1S/C16H33NO4Si/c1-11(2)13(17-5)15(18)21-14(12(3)4)16(19)20-9-10-22(6,7)8/h11-14,17H,9-10H2,1-8H3/t13-,14-/m0/s1. The molecule has 0 radical (unpaired) electrons. The van der Waals surface area contributed by atoms with E-state index < -0.39 is 32.2 Å². The van der Waals surface area contributed by atoms with Gasteiger partial charge < -0.3 is 14.8 Å². The van der Waals surface area contributed by atoms with E-state index in [4.69, 9.17) is 9.47 Å². The average Bonchev–Trinajstić information content (AvgIpc) is 2.34. The number of esters is 2. The van der Waals surface area contributed by atoms with Crippen molar-refractivity contribution in [1.82, 2.24) is 5.32 Å². The average molecular weight is 332 g/mol. The first-order chi connectivity index (χ1) is 9.99. The van der Waals surface area contributed by atoms with Crippen molar-refractivity contribution >= 4 is 20.0 Å². The third kappa shape index (κ3) is 7.94. The number of ether oxygens (including phenoxy) is 2. The summed E-state index contributed by atoms with van der Waals surface area (Å²) in [4.78, 5) is 24.4. The summed E-state index contributed by atoms with van der Waals surface area (Å²) in [6.45, 7) is 14.6. The molecule has 130 valence electrons. The summed E-state index contributed by atoms with van der Waals surface area (Å²) in [7, 11) is 0.459. The van der Waals surface area contributed by atoms with Crippen molar-refractivity contribution < 1.29 is 19.1 Å². The summed E-state index contributed by atoms with van der Waals surface area (Å²) in [6, 6.07) is 0.485. The van der Waals surface area contributed by atoms with Crippen LogP contribution in [0.1, 0.15) is 27.7 Å². The van der Waals surface area contributed by atoms with E-state index >= 15 is 0 Å². The maximum absolute atomic E-state index is 12.2. The molecule has 0 bridgehead atoms. The molecular formula is C16H33NO4Si. The van der Waals surface area contributed by atoms with Crippen LogP contribution in [0, 0.1) is 11.8 Å². The van der Waals surface area contributed by atoms with Gasteiger partial charge in [-0.25, -0.2) is 4.79 Å². The maximum Gasteiger partial charge on any atom is 0.347 e. The molecule has 0 aromatic rings. The van der Waals surface area contributed by atoms with Gasteiger partial charge in [0.1, 0.15) is 6.04 Å². The summed E-state index contributed by atoms with van der Waals surface area (Å²) in [5, 5.41) is 2.93. The van der Waals surface area contributed by atoms with Crippen molar-refractivity contribution in [1.29, 1.82) is 0 Å². The van der Waals surface area contributed by atoms with Crippen molar-refractivity contribution in [3.05, 3.63) is 0 Å². The van der Waals surface area contributed by atoms with Gasteiger partial charge in [-0.05, 0) is 19.0 Å². The molecule has 0 aliphatic rings. The predicted octanol–water partition coefficient (Wildman–Crippen LogP) is 2.68. The Morgan fingerprint density at radius 1 is 1.00 bits per heavy atom. The molecule has 0 aromatic carbocycles. The lowest BCUT2D eigenvalue weighted by molar-refractivity contribution is -0.172. The van der Waals surface area contributed by atoms with Gasteiger partial charge in [0.05, 0.1) is 6.61 Å². The lowest BCUT2D eigenvalue weighted by Gasteiger charge is -2.25. The molecule has 0 saturated carbocycles. The highest BCUT2D eigenvalue weighted by atomic mass is 28.3. The highest BCUT2D eigenvalue weighted by molar-refractivity contribution is 6.76. The molecule has 6 heteroatoms. The van der Waals surface area contributed by atoms with Crippen molar-refractivity contribution in [3.63, 3.8) is 0 Å². The molecule has 0 aliphatic carbocycles. The number of rotatable bonds is 9. The second kappa shape index (κ2) is 9.30. The number of hydrogen-bond acceptors (Lipinski definition) is 5. The Balaban J connectivity index is 4.66. The molecule has 22 heavy (non-hydrogen) atoms. The molecule has 1 N–H and O–H groups in total. The van der Waals surface area contributed by atoms with E-state index in [1.807, 2.05) is 27.7 Å². The minimum atomic E-state index is -1.25. The van der Waals surface area contributed by atoms with Crippen molar-refractivity contribution in [2.24, 2.45) is 11.8 Å². The first-order valence-electron chi connectivity index (χ1n) is 8.04. The van der Waals surface area contributed by atoms with Crippen LogP contribution in [-0.2, 0) is 19.1 Å². The normalized spacial score (nSPS) is 14.8. The molecule has 5 nitrogen and oxygen atoms in total. The van der Waals surface area contributed by atoms with Crippen LogP contribution in [0.2, 0.25) is 25.7 Å². The van der Waals surface area contributed by atoms with Crippen LogP contribution in [0.4, 0.5) is 0 Å². The summed E-state index contributed by atoms with van der Waals surface area (Å²) in [6.07, 6.45) is -0.844. The Labute approximate surface area is 136 Å². The second-order valence-corrected chi connectivity index (χ2v) is 13.2. The minimum Gasteiger partial charge on any atom is -0.463 e. The van der Waals surface area contributed by atoms with Gasteiger partial charge in [-0.15, -0.1) is 0 Å². The topological polar surface area (TPSA) is 64.6 Å². The monoisotopic (exact) mass is 331 g/mol. The molecule has 0 saturated heterocycles. The number of carbonyl (C=O) groups excluding carboxylic acids is 2. The zero-order chi connectivity index (χ0) is 17.5. The van der Waals surface area contributed by atoms with Crippen LogP contribution in [-0.4, -0.2) is 45.8 Å². The van der Waals surface area contributed by atoms with Crippen LogP contribution >= 0.6 is 0 Å². The van der Waals surface area contributed by atoms with Gasteiger partial charge in [0.15, 0.2) is 0 Å². The Morgan fingerprint density at radius 3 is 1.91 bits per heavy atom. The number of nitrogens with one attached hydrogen (secondary N) is 1. The van der Waals surface area contributed by atoms with Gasteiger partial charge in [0.2, 0.25) is 6.10 Å². The van der Waals surface area contributed by atoms with Crippen LogP contribution in [0.3, 0.4) is 0 Å². The van der Waals surface area contributed by atoms with E-state index in [-0.39, 0.29) is 11.8 Å². The van der Waals surface area contributed by atoms with Crippen LogP contribution in [0.5, 0.6) is 0 Å². The molecule has 0 heterocycles. The summed E-state index contributed by atoms with van der Waals surface area (Å²) >= 11 is 0. The van der Waals surface area contributed by atoms with Crippen molar-refractivity contribution in [2.75, 3.05) is 13.7 Å². The highest BCUT2D eigenvalue weighted by Gasteiger charge is 2.32. The molecule has 0 spiro atoms. The molecule has 0 aliphatic heterocycles. The van der Waals surface area contributed by atoms with Crippen LogP contribution in [0.15, 0.2) is 0 Å². The van der Waals surface area contributed by atoms with Crippen LogP contribution < -0.4 is 5.32 Å². The first kappa shape index (κ1) is 21.1. The van der Waals surface area contributed by atoms with Gasteiger partial charge in [-0.2, -0.15) is 0 Å². The quantitative estimate of drug-likeness (QED) is 0.520. The molecule has 0 fully saturated rings. The third-order valence-electron chi connectivity index (χ3n) is 3.41. The maximum atomic E-state index is 12.2. The lowest BCUT2D eigenvalue weighted by Crippen LogP contribution is -2.44. The van der Waals surface area contributed by atoms with E-state index in [1.165, 1.54) is 0 Å². The van der Waals surface area contributed by atoms with E-state index in [9.17, 15) is 9.59 Å². The number of likely N-dealkylation sites (N-methyl/N-ethyl adjacent to an activating group) is 1. The van der Waals surface area contributed by atoms with Gasteiger partial charge >= 0.3 is 11.9 Å². The van der Waals surface area contributed by atoms with E-state index in [2.05, 4.69) is 25.0 Å². The van der Waals surface area contributed by atoms with Crippen molar-refractivity contribution in [3.8, 4) is 0 Å². The highest BCUT2D eigenvalue weighted by Crippen LogP contribution is 2.14. The lowest BCUT2D eigenvalue weighted by atomic mass is 10.0. The van der Waals surface area contributed by atoms with Gasteiger partial charge in [-0.3, -0.25) is 4.79 Å². The molecule has 0 amide bonds. The zero-order valence-corrected chi connectivity index (χ0v) is 16.4. The largest absolute Gasteiger partial charge is 0.463 e. The van der Waals surface area contributed by atoms with Crippen LogP contribution in [0.25, 0.3) is 0 Å². The Hall–Kier alpha value is -0.883. The summed E-state index contributed by atoms with van der Waals surface area (Å²) in [5.74, 6) is -0.875. The van der Waals surface area contributed by atoms with Crippen molar-refractivity contribution in [2.45, 2.75) is 65.5 Å². The third-order valence-corrected chi connectivity index (χ3v) is 5.11. The summed E-state index contributed by atoms with van der Waals surface area (Å²) < 4.78 is 10.7. The van der Waals surface area contributed by atoms with Gasteiger partial charge in [0.25, 0.3) is 0 Å². The minimum absolute atomic E-state index is 0.0909. The fourth-order valence-electron chi connectivity index (χ4n) is 1.92. The predicted molar refractivity (Wildman–Crippen MR) is 91.5 cm³/mol. The molecule has 0 rings (SSSR count).